The summed E-state index contributed by atoms with van der Waals surface area (Å²) in [6.45, 7) is 9.65. The van der Waals surface area contributed by atoms with Crippen LogP contribution in [0.5, 0.6) is 5.75 Å². The van der Waals surface area contributed by atoms with Crippen molar-refractivity contribution in [3.8, 4) is 5.75 Å². The van der Waals surface area contributed by atoms with Crippen LogP contribution in [0, 0.1) is 27.7 Å². The molecule has 0 saturated carbocycles. The molecular weight excluding hydrogens is 380 g/mol. The van der Waals surface area contributed by atoms with Gasteiger partial charge in [-0.15, -0.1) is 23.1 Å². The first-order valence-corrected chi connectivity index (χ1v) is 10.5. The van der Waals surface area contributed by atoms with Crippen molar-refractivity contribution in [1.29, 1.82) is 0 Å². The number of nitrogens with one attached hydrogen (secondary N) is 1. The van der Waals surface area contributed by atoms with Gasteiger partial charge < -0.3 is 9.72 Å². The van der Waals surface area contributed by atoms with Crippen molar-refractivity contribution in [2.24, 2.45) is 0 Å². The molecule has 3 aromatic rings. The summed E-state index contributed by atoms with van der Waals surface area (Å²) in [7, 11) is 0. The number of thiophene rings is 1. The highest BCUT2D eigenvalue weighted by Crippen LogP contribution is 2.27. The van der Waals surface area contributed by atoms with Gasteiger partial charge in [-0.1, -0.05) is 6.07 Å². The Morgan fingerprint density at radius 1 is 1.22 bits per heavy atom. The van der Waals surface area contributed by atoms with Crippen LogP contribution in [-0.2, 0) is 10.5 Å². The number of esters is 1. The molecule has 0 aliphatic heterocycles. The maximum atomic E-state index is 12.4. The number of ether oxygens (including phenoxy) is 1. The Balaban J connectivity index is 1.68. The number of hydrogen-bond acceptors (Lipinski definition) is 6. The molecule has 0 saturated heterocycles. The van der Waals surface area contributed by atoms with Crippen LogP contribution in [0.1, 0.15) is 34.3 Å². The van der Waals surface area contributed by atoms with E-state index < -0.39 is 0 Å². The molecule has 0 bridgehead atoms. The minimum Gasteiger partial charge on any atom is -0.426 e. The lowest BCUT2D eigenvalue weighted by atomic mass is 10.1. The number of rotatable bonds is 5. The molecule has 1 atom stereocenters. The van der Waals surface area contributed by atoms with E-state index in [2.05, 4.69) is 9.97 Å². The van der Waals surface area contributed by atoms with E-state index in [1.54, 1.807) is 6.92 Å². The van der Waals surface area contributed by atoms with Crippen molar-refractivity contribution >= 4 is 39.3 Å². The van der Waals surface area contributed by atoms with Crippen LogP contribution in [-0.4, -0.2) is 21.2 Å². The fraction of sp³-hybridized carbons (Fsp3) is 0.350. The summed E-state index contributed by atoms with van der Waals surface area (Å²) in [5.41, 5.74) is 2.96. The zero-order valence-corrected chi connectivity index (χ0v) is 17.6. The second-order valence-corrected chi connectivity index (χ2v) is 9.21. The van der Waals surface area contributed by atoms with Gasteiger partial charge in [-0.25, -0.2) is 4.98 Å². The van der Waals surface area contributed by atoms with E-state index in [4.69, 9.17) is 4.74 Å². The average molecular weight is 403 g/mol. The number of aromatic amines is 1. The van der Waals surface area contributed by atoms with E-state index >= 15 is 0 Å². The zero-order valence-electron chi connectivity index (χ0n) is 16.0. The minimum atomic E-state index is -0.376. The van der Waals surface area contributed by atoms with Crippen LogP contribution in [0.25, 0.3) is 10.2 Å². The topological polar surface area (TPSA) is 72.0 Å². The van der Waals surface area contributed by atoms with Gasteiger partial charge in [0.15, 0.2) is 0 Å². The predicted octanol–water partition coefficient (Wildman–Crippen LogP) is 4.45. The molecule has 0 aliphatic rings. The molecule has 142 valence electrons. The highest BCUT2D eigenvalue weighted by molar-refractivity contribution is 7.99. The molecular formula is C20H22N2O3S2. The maximum Gasteiger partial charge on any atom is 0.324 e. The average Bonchev–Trinajstić information content (AvgIpc) is 2.86. The Hall–Kier alpha value is -2.12. The minimum absolute atomic E-state index is 0.122. The highest BCUT2D eigenvalue weighted by atomic mass is 32.2. The van der Waals surface area contributed by atoms with Gasteiger partial charge in [-0.05, 0) is 63.4 Å². The Morgan fingerprint density at radius 2 is 1.89 bits per heavy atom. The smallest absolute Gasteiger partial charge is 0.324 e. The summed E-state index contributed by atoms with van der Waals surface area (Å²) < 4.78 is 5.49. The third-order valence-corrected chi connectivity index (χ3v) is 6.54. The summed E-state index contributed by atoms with van der Waals surface area (Å²) in [5, 5.41) is 0.284. The number of benzene rings is 1. The van der Waals surface area contributed by atoms with Crippen molar-refractivity contribution in [3.05, 3.63) is 55.9 Å². The molecule has 0 amide bonds. The molecule has 0 aliphatic carbocycles. The molecule has 1 N–H and O–H groups in total. The summed E-state index contributed by atoms with van der Waals surface area (Å²) >= 11 is 2.91. The van der Waals surface area contributed by atoms with E-state index in [-0.39, 0.29) is 16.8 Å². The normalized spacial score (nSPS) is 12.3. The van der Waals surface area contributed by atoms with E-state index in [9.17, 15) is 9.59 Å². The maximum absolute atomic E-state index is 12.4. The van der Waals surface area contributed by atoms with Crippen molar-refractivity contribution in [1.82, 2.24) is 9.97 Å². The molecule has 5 nitrogen and oxygen atoms in total. The first-order chi connectivity index (χ1) is 12.7. The third kappa shape index (κ3) is 4.42. The van der Waals surface area contributed by atoms with Gasteiger partial charge in [0.25, 0.3) is 5.56 Å². The van der Waals surface area contributed by atoms with E-state index in [0.717, 1.165) is 26.4 Å². The number of nitrogens with zero attached hydrogens (tertiary/aromatic N) is 1. The number of aryl methyl sites for hydroxylation is 4. The predicted molar refractivity (Wildman–Crippen MR) is 112 cm³/mol. The van der Waals surface area contributed by atoms with Gasteiger partial charge >= 0.3 is 5.97 Å². The third-order valence-electron chi connectivity index (χ3n) is 4.30. The van der Waals surface area contributed by atoms with Gasteiger partial charge in [-0.3, -0.25) is 9.59 Å². The van der Waals surface area contributed by atoms with Gasteiger partial charge in [0, 0.05) is 4.88 Å². The SMILES string of the molecule is Cc1cc(C)cc(OC(=O)C(C)SCc2nc3sc(C)c(C)c3c(=O)[nH]2)c1. The standard InChI is InChI=1S/C20H22N2O3S2/c1-10-6-11(2)8-15(7-10)25-20(24)14(5)26-9-16-21-18(23)17-12(3)13(4)27-19(17)22-16/h6-8,14H,9H2,1-5H3,(H,21,22,23). The van der Waals surface area contributed by atoms with E-state index in [0.29, 0.717) is 22.7 Å². The Labute approximate surface area is 166 Å². The lowest BCUT2D eigenvalue weighted by Crippen LogP contribution is -2.21. The number of carbonyl (C=O) groups excluding carboxylic acids is 1. The van der Waals surface area contributed by atoms with E-state index in [1.165, 1.54) is 23.1 Å². The lowest BCUT2D eigenvalue weighted by Gasteiger charge is -2.11. The molecule has 0 spiro atoms. The van der Waals surface area contributed by atoms with Gasteiger partial charge in [0.1, 0.15) is 21.7 Å². The molecule has 2 aromatic heterocycles. The molecule has 1 aromatic carbocycles. The van der Waals surface area contributed by atoms with Gasteiger partial charge in [-0.2, -0.15) is 0 Å². The van der Waals surface area contributed by atoms with Gasteiger partial charge in [0.2, 0.25) is 0 Å². The second-order valence-electron chi connectivity index (χ2n) is 6.67. The van der Waals surface area contributed by atoms with Crippen molar-refractivity contribution < 1.29 is 9.53 Å². The molecule has 7 heteroatoms. The van der Waals surface area contributed by atoms with Crippen LogP contribution in [0.4, 0.5) is 0 Å². The quantitative estimate of drug-likeness (QED) is 0.504. The summed E-state index contributed by atoms with van der Waals surface area (Å²) in [6.07, 6.45) is 0. The molecule has 0 radical (unpaired) electrons. The Morgan fingerprint density at radius 3 is 2.56 bits per heavy atom. The van der Waals surface area contributed by atoms with Crippen LogP contribution in [0.3, 0.4) is 0 Å². The van der Waals surface area contributed by atoms with Crippen molar-refractivity contribution in [2.75, 3.05) is 0 Å². The number of thioether (sulfide) groups is 1. The van der Waals surface area contributed by atoms with Crippen LogP contribution in [0.2, 0.25) is 0 Å². The fourth-order valence-corrected chi connectivity index (χ4v) is 4.61. The number of hydrogen-bond donors (Lipinski definition) is 1. The molecule has 2 heterocycles. The molecule has 1 unspecified atom stereocenters. The monoisotopic (exact) mass is 402 g/mol. The van der Waals surface area contributed by atoms with Crippen molar-refractivity contribution in [3.63, 3.8) is 0 Å². The van der Waals surface area contributed by atoms with Crippen LogP contribution >= 0.6 is 23.1 Å². The number of H-pyrrole nitrogens is 1. The largest absolute Gasteiger partial charge is 0.426 e. The lowest BCUT2D eigenvalue weighted by molar-refractivity contribution is -0.133. The summed E-state index contributed by atoms with van der Waals surface area (Å²) in [5.74, 6) is 1.26. The Bertz CT molecular complexity index is 1050. The second kappa shape index (κ2) is 7.86. The van der Waals surface area contributed by atoms with E-state index in [1.807, 2.05) is 45.9 Å². The molecule has 3 rings (SSSR count). The van der Waals surface area contributed by atoms with Crippen LogP contribution in [0.15, 0.2) is 23.0 Å². The highest BCUT2D eigenvalue weighted by Gasteiger charge is 2.18. The van der Waals surface area contributed by atoms with Gasteiger partial charge in [0.05, 0.1) is 11.1 Å². The summed E-state index contributed by atoms with van der Waals surface area (Å²) in [4.78, 5) is 33.9. The Kier molecular flexibility index (Phi) is 5.72. The zero-order chi connectivity index (χ0) is 19.7. The molecule has 27 heavy (non-hydrogen) atoms. The first-order valence-electron chi connectivity index (χ1n) is 8.65. The van der Waals surface area contributed by atoms with Crippen molar-refractivity contribution in [2.45, 2.75) is 45.6 Å². The molecule has 0 fully saturated rings. The van der Waals surface area contributed by atoms with Crippen LogP contribution < -0.4 is 10.3 Å². The number of aromatic nitrogens is 2. The number of carbonyl (C=O) groups is 1. The summed E-state index contributed by atoms with van der Waals surface area (Å²) in [6, 6.07) is 5.72. The first kappa shape index (κ1) is 19.6. The fourth-order valence-electron chi connectivity index (χ4n) is 2.83. The number of fused-ring (bicyclic) bond motifs is 1.